The summed E-state index contributed by atoms with van der Waals surface area (Å²) in [6, 6.07) is 8.96. The zero-order chi connectivity index (χ0) is 17.6. The first-order chi connectivity index (χ1) is 12.1. The van der Waals surface area contributed by atoms with Crippen molar-refractivity contribution in [2.75, 3.05) is 52.4 Å². The van der Waals surface area contributed by atoms with Crippen molar-refractivity contribution in [3.63, 3.8) is 0 Å². The third kappa shape index (κ3) is 4.69. The van der Waals surface area contributed by atoms with Crippen molar-refractivity contribution in [2.24, 2.45) is 0 Å². The number of nitrogens with zero attached hydrogens (tertiary/aromatic N) is 3. The quantitative estimate of drug-likeness (QED) is 0.817. The summed E-state index contributed by atoms with van der Waals surface area (Å²) in [6.45, 7) is 3.69. The van der Waals surface area contributed by atoms with E-state index in [1.165, 1.54) is 0 Å². The normalized spacial score (nSPS) is 18.6. The molecule has 2 aliphatic heterocycles. The van der Waals surface area contributed by atoms with Crippen molar-refractivity contribution < 1.29 is 19.1 Å². The Morgan fingerprint density at radius 1 is 1.00 bits per heavy atom. The summed E-state index contributed by atoms with van der Waals surface area (Å²) >= 11 is 0. The molecule has 0 aliphatic carbocycles. The Morgan fingerprint density at radius 2 is 1.72 bits per heavy atom. The van der Waals surface area contributed by atoms with Gasteiger partial charge in [0.2, 0.25) is 11.8 Å². The van der Waals surface area contributed by atoms with E-state index in [4.69, 9.17) is 4.74 Å². The average Bonchev–Trinajstić information content (AvgIpc) is 2.63. The summed E-state index contributed by atoms with van der Waals surface area (Å²) in [7, 11) is 0. The molecule has 0 atom stereocenters. The molecule has 0 spiro atoms. The summed E-state index contributed by atoms with van der Waals surface area (Å²) in [4.78, 5) is 41.0. The molecule has 0 bridgehead atoms. The van der Waals surface area contributed by atoms with Gasteiger partial charge in [0.1, 0.15) is 5.75 Å². The molecule has 8 heteroatoms. The largest absolute Gasteiger partial charge is 0.415 e. The number of carbonyl (C=O) groups is 3. The zero-order valence-electron chi connectivity index (χ0n) is 14.0. The van der Waals surface area contributed by atoms with Gasteiger partial charge in [0.25, 0.3) is 0 Å². The van der Waals surface area contributed by atoms with Crippen molar-refractivity contribution >= 4 is 17.9 Å². The van der Waals surface area contributed by atoms with Crippen molar-refractivity contribution in [1.29, 1.82) is 0 Å². The van der Waals surface area contributed by atoms with Crippen LogP contribution in [-0.4, -0.2) is 85.0 Å². The molecule has 0 unspecified atom stereocenters. The highest BCUT2D eigenvalue weighted by molar-refractivity contribution is 5.86. The number of rotatable bonds is 3. The number of amides is 3. The lowest BCUT2D eigenvalue weighted by atomic mass is 10.3. The molecule has 3 amide bonds. The van der Waals surface area contributed by atoms with Crippen LogP contribution in [0.4, 0.5) is 4.79 Å². The topological polar surface area (TPSA) is 82.2 Å². The molecule has 0 saturated carbocycles. The molecular formula is C17H22N4O4. The Labute approximate surface area is 146 Å². The van der Waals surface area contributed by atoms with Gasteiger partial charge in [0.05, 0.1) is 13.1 Å². The van der Waals surface area contributed by atoms with E-state index in [-0.39, 0.29) is 31.0 Å². The molecule has 2 fully saturated rings. The van der Waals surface area contributed by atoms with Gasteiger partial charge in [0.15, 0.2) is 0 Å². The van der Waals surface area contributed by atoms with E-state index in [9.17, 15) is 14.4 Å². The summed E-state index contributed by atoms with van der Waals surface area (Å²) in [6.07, 6.45) is -0.370. The number of benzene rings is 1. The van der Waals surface area contributed by atoms with Crippen molar-refractivity contribution in [1.82, 2.24) is 20.0 Å². The van der Waals surface area contributed by atoms with Gasteiger partial charge in [-0.25, -0.2) is 4.79 Å². The molecule has 8 nitrogen and oxygen atoms in total. The molecule has 2 heterocycles. The highest BCUT2D eigenvalue weighted by Crippen LogP contribution is 2.12. The number of carbonyl (C=O) groups excluding carboxylic acids is 3. The van der Waals surface area contributed by atoms with E-state index >= 15 is 0 Å². The maximum atomic E-state index is 12.3. The zero-order valence-corrected chi connectivity index (χ0v) is 14.0. The van der Waals surface area contributed by atoms with Crippen LogP contribution in [0.2, 0.25) is 0 Å². The van der Waals surface area contributed by atoms with Crippen LogP contribution in [0.1, 0.15) is 0 Å². The third-order valence-corrected chi connectivity index (χ3v) is 4.33. The predicted octanol–water partition coefficient (Wildman–Crippen LogP) is -0.239. The summed E-state index contributed by atoms with van der Waals surface area (Å²) in [5, 5.41) is 2.70. The van der Waals surface area contributed by atoms with Gasteiger partial charge in [-0.15, -0.1) is 0 Å². The van der Waals surface area contributed by atoms with Crippen molar-refractivity contribution in [3.8, 4) is 5.75 Å². The lowest BCUT2D eigenvalue weighted by Crippen LogP contribution is -2.55. The third-order valence-electron chi connectivity index (χ3n) is 4.33. The van der Waals surface area contributed by atoms with Gasteiger partial charge in [-0.2, -0.15) is 0 Å². The Bertz CT molecular complexity index is 629. The van der Waals surface area contributed by atoms with E-state index in [1.807, 2.05) is 23.1 Å². The molecule has 1 aromatic rings. The van der Waals surface area contributed by atoms with E-state index in [0.717, 1.165) is 0 Å². The van der Waals surface area contributed by atoms with Gasteiger partial charge in [0, 0.05) is 39.3 Å². The highest BCUT2D eigenvalue weighted by Gasteiger charge is 2.26. The number of hydrogen-bond donors (Lipinski definition) is 1. The monoisotopic (exact) mass is 346 g/mol. The summed E-state index contributed by atoms with van der Waals surface area (Å²) in [5.74, 6) is 0.358. The molecule has 3 rings (SSSR count). The molecule has 0 radical (unpaired) electrons. The van der Waals surface area contributed by atoms with Gasteiger partial charge < -0.3 is 19.9 Å². The Morgan fingerprint density at radius 3 is 2.40 bits per heavy atom. The van der Waals surface area contributed by atoms with Gasteiger partial charge in [-0.05, 0) is 12.1 Å². The van der Waals surface area contributed by atoms with Gasteiger partial charge >= 0.3 is 6.09 Å². The molecule has 2 saturated heterocycles. The van der Waals surface area contributed by atoms with Gasteiger partial charge in [-0.3, -0.25) is 14.5 Å². The first-order valence-electron chi connectivity index (χ1n) is 8.40. The molecule has 25 heavy (non-hydrogen) atoms. The minimum atomic E-state index is -0.370. The standard InChI is InChI=1S/C17H22N4O4/c22-15-12-21(7-6-18-15)16(23)13-19-8-10-20(11-9-19)17(24)25-14-4-2-1-3-5-14/h1-5H,6-13H2,(H,18,22). The molecule has 1 aromatic carbocycles. The number of hydrogen-bond acceptors (Lipinski definition) is 5. The number of para-hydroxylation sites is 1. The molecule has 0 aromatic heterocycles. The lowest BCUT2D eigenvalue weighted by molar-refractivity contribution is -0.139. The van der Waals surface area contributed by atoms with Crippen LogP contribution in [0.25, 0.3) is 0 Å². The summed E-state index contributed by atoms with van der Waals surface area (Å²) in [5.41, 5.74) is 0. The SMILES string of the molecule is O=C1CN(C(=O)CN2CCN(C(=O)Oc3ccccc3)CC2)CCN1. The minimum absolute atomic E-state index is 0.0461. The Balaban J connectivity index is 1.43. The smallest absolute Gasteiger partial charge is 0.410 e. The van der Waals surface area contributed by atoms with Crippen LogP contribution in [0.5, 0.6) is 5.75 Å². The fourth-order valence-corrected chi connectivity index (χ4v) is 2.89. The second-order valence-electron chi connectivity index (χ2n) is 6.11. The van der Waals surface area contributed by atoms with Crippen LogP contribution in [-0.2, 0) is 9.59 Å². The fraction of sp³-hybridized carbons (Fsp3) is 0.471. The number of nitrogens with one attached hydrogen (secondary N) is 1. The fourth-order valence-electron chi connectivity index (χ4n) is 2.89. The molecular weight excluding hydrogens is 324 g/mol. The Kier molecular flexibility index (Phi) is 5.49. The van der Waals surface area contributed by atoms with Crippen LogP contribution in [0.15, 0.2) is 30.3 Å². The summed E-state index contributed by atoms with van der Waals surface area (Å²) < 4.78 is 5.33. The van der Waals surface area contributed by atoms with Crippen molar-refractivity contribution in [2.45, 2.75) is 0 Å². The minimum Gasteiger partial charge on any atom is -0.410 e. The molecule has 134 valence electrons. The Hall–Kier alpha value is -2.61. The van der Waals surface area contributed by atoms with E-state index < -0.39 is 0 Å². The first-order valence-corrected chi connectivity index (χ1v) is 8.40. The van der Waals surface area contributed by atoms with Crippen LogP contribution in [0, 0.1) is 0 Å². The maximum Gasteiger partial charge on any atom is 0.415 e. The molecule has 2 aliphatic rings. The van der Waals surface area contributed by atoms with E-state index in [0.29, 0.717) is 45.0 Å². The second-order valence-corrected chi connectivity index (χ2v) is 6.11. The van der Waals surface area contributed by atoms with E-state index in [2.05, 4.69) is 5.32 Å². The average molecular weight is 346 g/mol. The van der Waals surface area contributed by atoms with Crippen LogP contribution < -0.4 is 10.1 Å². The van der Waals surface area contributed by atoms with E-state index in [1.54, 1.807) is 21.9 Å². The van der Waals surface area contributed by atoms with Crippen molar-refractivity contribution in [3.05, 3.63) is 30.3 Å². The highest BCUT2D eigenvalue weighted by atomic mass is 16.6. The lowest BCUT2D eigenvalue weighted by Gasteiger charge is -2.35. The number of ether oxygens (including phenoxy) is 1. The van der Waals surface area contributed by atoms with Gasteiger partial charge in [-0.1, -0.05) is 18.2 Å². The first kappa shape index (κ1) is 17.2. The maximum absolute atomic E-state index is 12.3. The number of piperazine rings is 2. The van der Waals surface area contributed by atoms with Crippen LogP contribution >= 0.6 is 0 Å². The molecule has 1 N–H and O–H groups in total. The second kappa shape index (κ2) is 7.98. The predicted molar refractivity (Wildman–Crippen MR) is 90.1 cm³/mol. The van der Waals surface area contributed by atoms with Crippen LogP contribution in [0.3, 0.4) is 0 Å².